The topological polar surface area (TPSA) is 331 Å². The molecule has 4 aromatic carbocycles. The summed E-state index contributed by atoms with van der Waals surface area (Å²) < 4.78 is 192. The van der Waals surface area contributed by atoms with Crippen LogP contribution in [0.2, 0.25) is 0 Å². The van der Waals surface area contributed by atoms with Crippen LogP contribution in [0.25, 0.3) is 11.3 Å². The predicted octanol–water partition coefficient (Wildman–Crippen LogP) is 10.5. The summed E-state index contributed by atoms with van der Waals surface area (Å²) in [7, 11) is -4.02. The van der Waals surface area contributed by atoms with Crippen LogP contribution in [0.4, 0.5) is 59.4 Å². The minimum atomic E-state index is -5.54. The molecule has 4 amide bonds. The molecule has 26 nitrogen and oxygen atoms in total. The van der Waals surface area contributed by atoms with Crippen molar-refractivity contribution in [3.8, 4) is 34.9 Å². The largest absolute Gasteiger partial charge is 0.524 e. The Kier molecular flexibility index (Phi) is 27.0. The van der Waals surface area contributed by atoms with Gasteiger partial charge in [-0.3, -0.25) is 39.3 Å². The van der Waals surface area contributed by atoms with Crippen molar-refractivity contribution >= 4 is 49.5 Å². The van der Waals surface area contributed by atoms with Gasteiger partial charge >= 0.3 is 44.9 Å². The number of carbonyl (C=O) groups excluding carboxylic acids is 6. The van der Waals surface area contributed by atoms with E-state index < -0.39 is 176 Å². The molecule has 0 radical (unpaired) electrons. The summed E-state index contributed by atoms with van der Waals surface area (Å²) in [4.78, 5) is 120. The quantitative estimate of drug-likeness (QED) is 0.00609. The maximum absolute atomic E-state index is 16.9. The normalized spacial score (nSPS) is 16.7. The van der Waals surface area contributed by atoms with Crippen molar-refractivity contribution in [1.82, 2.24) is 51.0 Å². The number of fused-ring (bicyclic) bond motifs is 2. The molecule has 602 valence electrons. The summed E-state index contributed by atoms with van der Waals surface area (Å²) >= 11 is 0. The highest BCUT2D eigenvalue weighted by atomic mass is 31.2. The number of alkyl halides is 8. The minimum absolute atomic E-state index is 0.00386. The molecule has 0 saturated carbocycles. The summed E-state index contributed by atoms with van der Waals surface area (Å²) in [5, 5.41) is 19.9. The fraction of sp³-hybridized carbons (Fsp3) is 0.467. The minimum Gasteiger partial charge on any atom is -0.461 e. The lowest BCUT2D eigenvalue weighted by Crippen LogP contribution is -2.62. The van der Waals surface area contributed by atoms with Crippen LogP contribution < -0.4 is 30.8 Å². The van der Waals surface area contributed by atoms with Gasteiger partial charge in [-0.05, 0) is 125 Å². The van der Waals surface area contributed by atoms with E-state index in [2.05, 4.69) is 56.9 Å². The van der Waals surface area contributed by atoms with Crippen LogP contribution in [0.15, 0.2) is 97.5 Å². The number of piperazine rings is 1. The van der Waals surface area contributed by atoms with Gasteiger partial charge < -0.3 is 44.3 Å². The highest BCUT2D eigenvalue weighted by molar-refractivity contribution is 7.46. The lowest BCUT2D eigenvalue weighted by Gasteiger charge is -2.47. The number of phosphoric ester groups is 1. The van der Waals surface area contributed by atoms with Gasteiger partial charge in [0.05, 0.1) is 86.6 Å². The molecule has 112 heavy (non-hydrogen) atoms. The van der Waals surface area contributed by atoms with E-state index in [-0.39, 0.29) is 33.5 Å². The van der Waals surface area contributed by atoms with Gasteiger partial charge in [0.1, 0.15) is 35.6 Å². The number of anilines is 1. The first-order valence-electron chi connectivity index (χ1n) is 35.1. The Labute approximate surface area is 637 Å². The van der Waals surface area contributed by atoms with E-state index >= 15 is 44.7 Å². The maximum Gasteiger partial charge on any atom is 0.524 e. The van der Waals surface area contributed by atoms with Crippen LogP contribution in [0, 0.1) is 58.5 Å². The Balaban J connectivity index is 1.16. The lowest BCUT2D eigenvalue weighted by molar-refractivity contribution is -0.221. The summed E-state index contributed by atoms with van der Waals surface area (Å²) in [6, 6.07) is 14.5. The Bertz CT molecular complexity index is 4540. The van der Waals surface area contributed by atoms with Crippen LogP contribution in [-0.2, 0) is 74.0 Å². The van der Waals surface area contributed by atoms with Crippen molar-refractivity contribution in [3.05, 3.63) is 159 Å². The number of ether oxygens (including phenoxy) is 4. The number of halogens is 10. The maximum atomic E-state index is 16.9. The fourth-order valence-corrected chi connectivity index (χ4v) is 14.1. The Morgan fingerprint density at radius 1 is 0.759 bits per heavy atom. The Morgan fingerprint density at radius 3 is 1.86 bits per heavy atom. The van der Waals surface area contributed by atoms with E-state index in [4.69, 9.17) is 14.0 Å². The number of nitrogens with one attached hydrogen (secondary N) is 4. The number of esters is 1. The van der Waals surface area contributed by atoms with Crippen LogP contribution in [-0.4, -0.2) is 171 Å². The summed E-state index contributed by atoms with van der Waals surface area (Å²) in [5.74, 6) is -4.33. The third kappa shape index (κ3) is 21.3. The zero-order valence-corrected chi connectivity index (χ0v) is 63.0. The van der Waals surface area contributed by atoms with Gasteiger partial charge in [0, 0.05) is 96.9 Å². The van der Waals surface area contributed by atoms with Crippen molar-refractivity contribution in [3.63, 3.8) is 0 Å². The number of benzene rings is 4. The number of Topliss-reactive ketones (excluding diaryl/α,β-unsaturated/α-hetero) is 1. The third-order valence-electron chi connectivity index (χ3n) is 20.0. The summed E-state index contributed by atoms with van der Waals surface area (Å²) in [5.41, 5.74) is -6.29. The molecule has 6 N–H and O–H groups in total. The molecule has 0 aliphatic carbocycles. The van der Waals surface area contributed by atoms with E-state index in [0.29, 0.717) is 117 Å². The van der Waals surface area contributed by atoms with Gasteiger partial charge in [0.25, 0.3) is 5.91 Å². The lowest BCUT2D eigenvalue weighted by atomic mass is 9.77. The molecule has 3 aliphatic rings. The number of aryl methyl sites for hydroxylation is 1. The number of hydrazine groups is 1. The van der Waals surface area contributed by atoms with Crippen LogP contribution in [0.1, 0.15) is 124 Å². The summed E-state index contributed by atoms with van der Waals surface area (Å²) in [6.07, 6.45) is -13.5. The molecule has 6 aromatic rings. The third-order valence-corrected chi connectivity index (χ3v) is 20.4. The number of carbonyl (C=O) groups is 6. The monoisotopic (exact) mass is 1600 g/mol. The number of alkyl carbamates (subject to hydrolysis) is 2. The van der Waals surface area contributed by atoms with Crippen molar-refractivity contribution < 1.29 is 110 Å². The van der Waals surface area contributed by atoms with Crippen LogP contribution >= 0.6 is 7.82 Å². The first kappa shape index (κ1) is 85.8. The number of hydrogen-bond acceptors (Lipinski definition) is 19. The standard InChI is InChI=1S/C75H83F10N12O14P/c1-42-24-50(30-61(99)87-33-46-17-15-45(32-86)16-18-46)63(59(25-42)111-112(104,105)106)71(2,3)31-62(100)110-60(39-95(93-66(101)65(91-70(103)108-9)73(6,7)75(83,84)85)38-54-55(76)27-48(28-56(54)77)57-22-23-96(92-57)67(78)79)49(29-58(98)64(90-69(102)107-8)72(4,5)74(80,81)82)26-44-13-10-43(11-14-44)12-19-47-34-88-68(89-35-47)94-36-51-20-21-52(37-94)97(51)53-40-109-41-53/h10-11,13-18,22-25,27-28,34-35,49,51-53,60,64-65,67H,20-21,26,29-31,33,36-41H2,1-9H3,(H,87,99)(H,90,102)(H,91,103)(H,93,101)(H2,104,105,106)/t49-,51?,52?,60+,64-,65-/m1/s1. The van der Waals surface area contributed by atoms with Crippen molar-refractivity contribution in [2.45, 2.75) is 161 Å². The molecule has 3 aliphatic heterocycles. The molecule has 37 heteroatoms. The molecule has 2 bridgehead atoms. The highest BCUT2D eigenvalue weighted by Crippen LogP contribution is 2.47. The molecule has 2 unspecified atom stereocenters. The molecule has 5 heterocycles. The second-order valence-corrected chi connectivity index (χ2v) is 30.5. The van der Waals surface area contributed by atoms with E-state index in [1.54, 1.807) is 29.8 Å². The van der Waals surface area contributed by atoms with E-state index in [1.807, 2.05) is 11.4 Å². The SMILES string of the molecule is COC(=O)N[C@H](C(=O)C[C@@H](Cc1ccc(C#Cc2cnc(N3CC4CCC(C3)N4C3COC3)nc2)cc1)[C@H](CN(Cc1c(F)cc(-c2ccn(C(F)F)n2)cc1F)NC(=O)[C@@H](NC(=O)OC)C(C)(C)C(F)(F)F)OC(=O)CC(C)(C)c1c(CC(=O)NCc2ccc(C#N)cc2)cc(C)cc1OP(=O)(O)O)C(C)(C)C(F)(F)F. The summed E-state index contributed by atoms with van der Waals surface area (Å²) in [6.45, 7) is 3.16. The molecule has 3 fully saturated rings. The number of phosphoric acid groups is 1. The van der Waals surface area contributed by atoms with Gasteiger partial charge in [-0.15, -0.1) is 0 Å². The van der Waals surface area contributed by atoms with E-state index in [1.165, 1.54) is 69.3 Å². The van der Waals surface area contributed by atoms with Gasteiger partial charge in [-0.2, -0.15) is 45.5 Å². The average Bonchev–Trinajstić information content (AvgIpc) is 1.23. The number of nitrogens with zero attached hydrogens (tertiary/aromatic N) is 8. The number of aromatic nitrogens is 4. The fourth-order valence-electron chi connectivity index (χ4n) is 13.7. The molecule has 6 atom stereocenters. The smallest absolute Gasteiger partial charge is 0.461 e. The zero-order valence-electron chi connectivity index (χ0n) is 62.1. The van der Waals surface area contributed by atoms with Gasteiger partial charge in [0.15, 0.2) is 5.78 Å². The molecule has 3 saturated heterocycles. The van der Waals surface area contributed by atoms with Gasteiger partial charge in [-0.25, -0.2) is 42.6 Å². The Morgan fingerprint density at radius 2 is 1.32 bits per heavy atom. The molecular weight excluding hydrogens is 1510 g/mol. The number of amides is 4. The second-order valence-electron chi connectivity index (χ2n) is 29.3. The van der Waals surface area contributed by atoms with E-state index in [9.17, 15) is 47.6 Å². The number of ketones is 1. The zero-order chi connectivity index (χ0) is 82.2. The molecule has 0 spiro atoms. The average molecular weight is 1600 g/mol. The molecule has 2 aromatic heterocycles. The van der Waals surface area contributed by atoms with Gasteiger partial charge in [0.2, 0.25) is 11.9 Å². The van der Waals surface area contributed by atoms with Crippen LogP contribution in [0.5, 0.6) is 5.75 Å². The number of methoxy groups -OCH3 is 2. The van der Waals surface area contributed by atoms with E-state index in [0.717, 1.165) is 39.3 Å². The highest BCUT2D eigenvalue weighted by Gasteiger charge is 2.58. The second kappa shape index (κ2) is 35.2. The molecular formula is C75H83F10N12O14P. The first-order chi connectivity index (χ1) is 52.5. The Hall–Kier alpha value is -10.2. The van der Waals surface area contributed by atoms with Crippen LogP contribution in [0.3, 0.4) is 0 Å². The number of hydrogen-bond donors (Lipinski definition) is 6. The number of nitriles is 1. The predicted molar refractivity (Wildman–Crippen MR) is 381 cm³/mol. The van der Waals surface area contributed by atoms with Gasteiger partial charge in [-0.1, -0.05) is 56.0 Å². The van der Waals surface area contributed by atoms with Crippen molar-refractivity contribution in [1.29, 1.82) is 5.26 Å². The molecule has 9 rings (SSSR count). The first-order valence-corrected chi connectivity index (χ1v) is 36.6. The van der Waals surface area contributed by atoms with Crippen molar-refractivity contribution in [2.24, 2.45) is 16.7 Å². The number of rotatable bonds is 30. The van der Waals surface area contributed by atoms with Crippen molar-refractivity contribution in [2.75, 3.05) is 52.0 Å².